The molecule has 0 amide bonds. The number of nitrogens with zero attached hydrogens (tertiary/aromatic N) is 2. The van der Waals surface area contributed by atoms with E-state index in [4.69, 9.17) is 4.74 Å². The molecule has 112 valence electrons. The first-order valence-electron chi connectivity index (χ1n) is 7.01. The Bertz CT molecular complexity index is 692. The third kappa shape index (κ3) is 3.13. The summed E-state index contributed by atoms with van der Waals surface area (Å²) >= 11 is 0. The van der Waals surface area contributed by atoms with E-state index >= 15 is 0 Å². The Kier molecular flexibility index (Phi) is 4.75. The molecule has 0 atom stereocenters. The Balaban J connectivity index is 2.55. The van der Waals surface area contributed by atoms with Crippen molar-refractivity contribution in [2.75, 3.05) is 14.2 Å². The molecule has 1 aromatic heterocycles. The van der Waals surface area contributed by atoms with E-state index in [0.29, 0.717) is 13.1 Å². The second kappa shape index (κ2) is 6.54. The summed E-state index contributed by atoms with van der Waals surface area (Å²) in [6, 6.07) is 7.76. The summed E-state index contributed by atoms with van der Waals surface area (Å²) in [6.07, 6.45) is 0. The third-order valence-corrected chi connectivity index (χ3v) is 3.41. The molecule has 0 saturated carbocycles. The number of aromatic nitrogens is 2. The molecule has 0 aliphatic carbocycles. The molecule has 21 heavy (non-hydrogen) atoms. The lowest BCUT2D eigenvalue weighted by Crippen LogP contribution is -2.28. The molecule has 2 aromatic rings. The maximum atomic E-state index is 12.2. The first-order valence-corrected chi connectivity index (χ1v) is 7.01. The molecule has 0 unspecified atom stereocenters. The molecular weight excluding hydrogens is 266 g/mol. The second-order valence-electron chi connectivity index (χ2n) is 4.89. The van der Waals surface area contributed by atoms with Crippen molar-refractivity contribution in [2.24, 2.45) is 0 Å². The van der Waals surface area contributed by atoms with E-state index in [9.17, 15) is 4.79 Å². The molecule has 5 nitrogen and oxygen atoms in total. The summed E-state index contributed by atoms with van der Waals surface area (Å²) < 4.78 is 6.78. The van der Waals surface area contributed by atoms with Crippen LogP contribution in [0.5, 0.6) is 5.75 Å². The van der Waals surface area contributed by atoms with Gasteiger partial charge in [0, 0.05) is 24.2 Å². The Labute approximate surface area is 124 Å². The third-order valence-electron chi connectivity index (χ3n) is 3.41. The van der Waals surface area contributed by atoms with Crippen LogP contribution in [0.3, 0.4) is 0 Å². The summed E-state index contributed by atoms with van der Waals surface area (Å²) in [5.74, 6) is 0.845. The first-order chi connectivity index (χ1) is 10.1. The molecule has 1 aromatic carbocycles. The van der Waals surface area contributed by atoms with Crippen LogP contribution in [-0.4, -0.2) is 23.9 Å². The standard InChI is InChI=1S/C16H21N3O2/c1-5-19-16(20)13(10-17-3)9-14(18-19)12-6-7-15(21-4)11(2)8-12/h6-9,17H,5,10H2,1-4H3. The average molecular weight is 287 g/mol. The highest BCUT2D eigenvalue weighted by molar-refractivity contribution is 5.62. The largest absolute Gasteiger partial charge is 0.496 e. The molecule has 0 bridgehead atoms. The number of rotatable bonds is 5. The van der Waals surface area contributed by atoms with Gasteiger partial charge in [-0.15, -0.1) is 0 Å². The lowest BCUT2D eigenvalue weighted by atomic mass is 10.1. The van der Waals surface area contributed by atoms with Gasteiger partial charge in [0.25, 0.3) is 5.56 Å². The molecule has 0 spiro atoms. The van der Waals surface area contributed by atoms with Crippen LogP contribution in [-0.2, 0) is 13.1 Å². The number of aryl methyl sites for hydroxylation is 2. The van der Waals surface area contributed by atoms with Crippen LogP contribution in [0.25, 0.3) is 11.3 Å². The zero-order valence-electron chi connectivity index (χ0n) is 12.9. The van der Waals surface area contributed by atoms with Gasteiger partial charge in [-0.25, -0.2) is 4.68 Å². The smallest absolute Gasteiger partial charge is 0.271 e. The molecular formula is C16H21N3O2. The fraction of sp³-hybridized carbons (Fsp3) is 0.375. The van der Waals surface area contributed by atoms with Crippen molar-refractivity contribution < 1.29 is 4.74 Å². The van der Waals surface area contributed by atoms with Gasteiger partial charge in [0.2, 0.25) is 0 Å². The van der Waals surface area contributed by atoms with Crippen LogP contribution in [0, 0.1) is 6.92 Å². The SMILES string of the molecule is CCn1nc(-c2ccc(OC)c(C)c2)cc(CNC)c1=O. The number of ether oxygens (including phenoxy) is 1. The van der Waals surface area contributed by atoms with Gasteiger partial charge in [-0.3, -0.25) is 4.79 Å². The summed E-state index contributed by atoms with van der Waals surface area (Å²) in [5.41, 5.74) is 3.50. The van der Waals surface area contributed by atoms with Crippen molar-refractivity contribution in [3.8, 4) is 17.0 Å². The summed E-state index contributed by atoms with van der Waals surface area (Å²) in [7, 11) is 3.48. The zero-order chi connectivity index (χ0) is 15.4. The minimum absolute atomic E-state index is 0.0409. The Hall–Kier alpha value is -2.14. The van der Waals surface area contributed by atoms with E-state index in [2.05, 4.69) is 10.4 Å². The fourth-order valence-corrected chi connectivity index (χ4v) is 2.31. The molecule has 0 aliphatic rings. The summed E-state index contributed by atoms with van der Waals surface area (Å²) in [4.78, 5) is 12.2. The normalized spacial score (nSPS) is 10.7. The van der Waals surface area contributed by atoms with E-state index in [0.717, 1.165) is 28.1 Å². The maximum Gasteiger partial charge on any atom is 0.271 e. The average Bonchev–Trinajstić information content (AvgIpc) is 2.49. The quantitative estimate of drug-likeness (QED) is 0.913. The van der Waals surface area contributed by atoms with Gasteiger partial charge in [-0.2, -0.15) is 5.10 Å². The van der Waals surface area contributed by atoms with Crippen LogP contribution in [0.1, 0.15) is 18.1 Å². The van der Waals surface area contributed by atoms with Crippen molar-refractivity contribution in [1.29, 1.82) is 0 Å². The van der Waals surface area contributed by atoms with Gasteiger partial charge in [-0.05, 0) is 50.7 Å². The Morgan fingerprint density at radius 1 is 1.33 bits per heavy atom. The highest BCUT2D eigenvalue weighted by Crippen LogP contribution is 2.24. The number of nitrogens with one attached hydrogen (secondary N) is 1. The van der Waals surface area contributed by atoms with E-state index in [1.165, 1.54) is 4.68 Å². The minimum Gasteiger partial charge on any atom is -0.496 e. The monoisotopic (exact) mass is 287 g/mol. The van der Waals surface area contributed by atoms with Crippen LogP contribution in [0.15, 0.2) is 29.1 Å². The highest BCUT2D eigenvalue weighted by atomic mass is 16.5. The maximum absolute atomic E-state index is 12.2. The highest BCUT2D eigenvalue weighted by Gasteiger charge is 2.10. The topological polar surface area (TPSA) is 56.1 Å². The van der Waals surface area contributed by atoms with Crippen molar-refractivity contribution in [3.05, 3.63) is 45.7 Å². The lowest BCUT2D eigenvalue weighted by molar-refractivity contribution is 0.412. The van der Waals surface area contributed by atoms with Crippen molar-refractivity contribution in [3.63, 3.8) is 0 Å². The van der Waals surface area contributed by atoms with Crippen LogP contribution in [0.2, 0.25) is 0 Å². The van der Waals surface area contributed by atoms with E-state index in [-0.39, 0.29) is 5.56 Å². The number of hydrogen-bond donors (Lipinski definition) is 1. The Morgan fingerprint density at radius 3 is 2.67 bits per heavy atom. The molecule has 2 rings (SSSR count). The van der Waals surface area contributed by atoms with E-state index < -0.39 is 0 Å². The molecule has 0 aliphatic heterocycles. The van der Waals surface area contributed by atoms with Gasteiger partial charge in [0.05, 0.1) is 12.8 Å². The summed E-state index contributed by atoms with van der Waals surface area (Å²) in [5, 5.41) is 7.46. The Morgan fingerprint density at radius 2 is 2.10 bits per heavy atom. The van der Waals surface area contributed by atoms with Gasteiger partial charge in [0.15, 0.2) is 0 Å². The van der Waals surface area contributed by atoms with E-state index in [1.807, 2.05) is 45.2 Å². The first kappa shape index (κ1) is 15.3. The predicted octanol–water partition coefficient (Wildman–Crippen LogP) is 1.97. The zero-order valence-corrected chi connectivity index (χ0v) is 12.9. The van der Waals surface area contributed by atoms with Gasteiger partial charge in [-0.1, -0.05) is 0 Å². The molecule has 0 radical (unpaired) electrons. The lowest BCUT2D eigenvalue weighted by Gasteiger charge is -2.11. The van der Waals surface area contributed by atoms with Crippen molar-refractivity contribution in [2.45, 2.75) is 26.9 Å². The van der Waals surface area contributed by atoms with Crippen molar-refractivity contribution in [1.82, 2.24) is 15.1 Å². The molecule has 1 heterocycles. The minimum atomic E-state index is -0.0409. The second-order valence-corrected chi connectivity index (χ2v) is 4.89. The van der Waals surface area contributed by atoms with Gasteiger partial charge >= 0.3 is 0 Å². The molecule has 1 N–H and O–H groups in total. The number of methoxy groups -OCH3 is 1. The van der Waals surface area contributed by atoms with Crippen LogP contribution in [0.4, 0.5) is 0 Å². The molecule has 5 heteroatoms. The number of benzene rings is 1. The molecule has 0 saturated heterocycles. The number of hydrogen-bond acceptors (Lipinski definition) is 4. The van der Waals surface area contributed by atoms with Crippen LogP contribution >= 0.6 is 0 Å². The van der Waals surface area contributed by atoms with Gasteiger partial charge < -0.3 is 10.1 Å². The van der Waals surface area contributed by atoms with Crippen LogP contribution < -0.4 is 15.6 Å². The predicted molar refractivity (Wildman–Crippen MR) is 83.7 cm³/mol. The molecule has 0 fully saturated rings. The fourth-order valence-electron chi connectivity index (χ4n) is 2.31. The summed E-state index contributed by atoms with van der Waals surface area (Å²) in [6.45, 7) is 5.00. The van der Waals surface area contributed by atoms with E-state index in [1.54, 1.807) is 7.11 Å². The van der Waals surface area contributed by atoms with Crippen molar-refractivity contribution >= 4 is 0 Å². The van der Waals surface area contributed by atoms with Gasteiger partial charge in [0.1, 0.15) is 5.75 Å².